The molecule has 0 radical (unpaired) electrons. The van der Waals surface area contributed by atoms with E-state index in [-0.39, 0.29) is 11.3 Å². The molecule has 0 unspecified atom stereocenters. The lowest BCUT2D eigenvalue weighted by atomic mass is 9.44. The van der Waals surface area contributed by atoms with Crippen LogP contribution in [0.2, 0.25) is 0 Å². The molecule has 0 heterocycles. The summed E-state index contributed by atoms with van der Waals surface area (Å²) in [5.74, 6) is 4.04. The third kappa shape index (κ3) is 3.39. The fourth-order valence-electron chi connectivity index (χ4n) is 8.78. The normalized spacial score (nSPS) is 45.0. The molecule has 4 rings (SSSR count). The number of hydrogen-bond donors (Lipinski definition) is 0. The minimum Gasteiger partial charge on any atom is -0.339 e. The number of rotatable bonds is 3. The number of hydrogen-bond acceptors (Lipinski definition) is 2. The van der Waals surface area contributed by atoms with Gasteiger partial charge in [0.15, 0.2) is 0 Å². The molecule has 4 fully saturated rings. The minimum absolute atomic E-state index is 0.173. The molecule has 4 aliphatic carbocycles. The molecular formula is C27H43NO2. The topological polar surface area (TPSA) is 37.4 Å². The van der Waals surface area contributed by atoms with E-state index < -0.39 is 0 Å². The highest BCUT2D eigenvalue weighted by molar-refractivity contribution is 5.88. The molecule has 3 nitrogen and oxygen atoms in total. The fourth-order valence-corrected chi connectivity index (χ4v) is 8.78. The lowest BCUT2D eigenvalue weighted by Crippen LogP contribution is -2.55. The summed E-state index contributed by atoms with van der Waals surface area (Å²) in [6, 6.07) is 0.394. The van der Waals surface area contributed by atoms with Gasteiger partial charge in [-0.15, -0.1) is 0 Å². The first kappa shape index (κ1) is 22.1. The lowest BCUT2D eigenvalue weighted by molar-refractivity contribution is -0.141. The predicted octanol–water partition coefficient (Wildman–Crippen LogP) is 6.03. The van der Waals surface area contributed by atoms with E-state index in [1.165, 1.54) is 44.9 Å². The standard InChI is InChI=1S/C27H43NO2/c1-17(2)15-25(30)28(6)20-11-13-26(4)19(16-20)7-8-21-23-10-9-22(18(3)29)27(23,5)14-12-24(21)26/h15,19-24H,7-14,16H2,1-6H3/t19-,20+,21-,22+,23-,24-,26-,27+/m0/s1. The van der Waals surface area contributed by atoms with E-state index in [9.17, 15) is 9.59 Å². The Bertz CT molecular complexity index is 737. The summed E-state index contributed by atoms with van der Waals surface area (Å²) < 4.78 is 0. The van der Waals surface area contributed by atoms with Gasteiger partial charge in [-0.05, 0) is 113 Å². The number of carbonyl (C=O) groups excluding carboxylic acids is 2. The molecule has 0 aromatic rings. The second kappa shape index (κ2) is 7.78. The van der Waals surface area contributed by atoms with E-state index in [0.717, 1.165) is 42.1 Å². The highest BCUT2D eigenvalue weighted by Gasteiger charge is 2.60. The van der Waals surface area contributed by atoms with Gasteiger partial charge in [-0.25, -0.2) is 0 Å². The summed E-state index contributed by atoms with van der Waals surface area (Å²) in [5, 5.41) is 0. The quantitative estimate of drug-likeness (QED) is 0.530. The van der Waals surface area contributed by atoms with E-state index in [1.807, 2.05) is 32.7 Å². The third-order valence-electron chi connectivity index (χ3n) is 10.4. The summed E-state index contributed by atoms with van der Waals surface area (Å²) in [6.45, 7) is 10.9. The number of likely N-dealkylation sites (N-methyl/N-ethyl adjacent to an activating group) is 1. The van der Waals surface area contributed by atoms with Crippen LogP contribution in [-0.2, 0) is 9.59 Å². The zero-order valence-corrected chi connectivity index (χ0v) is 20.2. The molecule has 0 aliphatic heterocycles. The van der Waals surface area contributed by atoms with Crippen molar-refractivity contribution in [1.82, 2.24) is 4.90 Å². The van der Waals surface area contributed by atoms with Gasteiger partial charge < -0.3 is 4.90 Å². The molecule has 0 N–H and O–H groups in total. The Labute approximate surface area is 184 Å². The summed E-state index contributed by atoms with van der Waals surface area (Å²) in [5.41, 5.74) is 1.76. The Hall–Kier alpha value is -1.12. The van der Waals surface area contributed by atoms with Crippen LogP contribution >= 0.6 is 0 Å². The highest BCUT2D eigenvalue weighted by atomic mass is 16.2. The number of carbonyl (C=O) groups is 2. The van der Waals surface area contributed by atoms with Crippen LogP contribution in [0, 0.1) is 40.4 Å². The van der Waals surface area contributed by atoms with Gasteiger partial charge >= 0.3 is 0 Å². The molecule has 1 amide bonds. The van der Waals surface area contributed by atoms with Crippen LogP contribution in [0.5, 0.6) is 0 Å². The Morgan fingerprint density at radius 1 is 0.867 bits per heavy atom. The van der Waals surface area contributed by atoms with Crippen LogP contribution in [0.25, 0.3) is 0 Å². The van der Waals surface area contributed by atoms with Gasteiger partial charge in [-0.1, -0.05) is 19.4 Å². The SMILES string of the molecule is CC(=O)[C@H]1CC[C@H]2[C@@H]3CC[C@H]4C[C@H](N(C)C(=O)C=C(C)C)CC[C@]4(C)[C@H]3CC[C@]12C. The predicted molar refractivity (Wildman–Crippen MR) is 122 cm³/mol. The molecule has 0 aromatic carbocycles. The van der Waals surface area contributed by atoms with Crippen molar-refractivity contribution in [3.8, 4) is 0 Å². The minimum atomic E-state index is 0.173. The van der Waals surface area contributed by atoms with E-state index >= 15 is 0 Å². The molecule has 0 saturated heterocycles. The van der Waals surface area contributed by atoms with Crippen LogP contribution in [0.4, 0.5) is 0 Å². The van der Waals surface area contributed by atoms with E-state index in [2.05, 4.69) is 13.8 Å². The maximum atomic E-state index is 12.6. The number of Topliss-reactive ketones (excluding diaryl/α,β-unsaturated/α-hetero) is 1. The van der Waals surface area contributed by atoms with Gasteiger partial charge in [0, 0.05) is 25.1 Å². The van der Waals surface area contributed by atoms with E-state index in [4.69, 9.17) is 0 Å². The van der Waals surface area contributed by atoms with Gasteiger partial charge in [0.2, 0.25) is 5.91 Å². The second-order valence-electron chi connectivity index (χ2n) is 12.0. The Kier molecular flexibility index (Phi) is 5.73. The van der Waals surface area contributed by atoms with Gasteiger partial charge in [-0.3, -0.25) is 9.59 Å². The number of allylic oxidation sites excluding steroid dienone is 1. The summed E-state index contributed by atoms with van der Waals surface area (Å²) in [4.78, 5) is 27.0. The van der Waals surface area contributed by atoms with Crippen molar-refractivity contribution in [2.45, 2.75) is 98.4 Å². The zero-order chi connectivity index (χ0) is 21.8. The molecule has 3 heteroatoms. The van der Waals surface area contributed by atoms with Gasteiger partial charge in [0.25, 0.3) is 0 Å². The lowest BCUT2D eigenvalue weighted by Gasteiger charge is -2.61. The summed E-state index contributed by atoms with van der Waals surface area (Å²) in [7, 11) is 2.01. The van der Waals surface area contributed by atoms with Gasteiger partial charge in [0.05, 0.1) is 0 Å². The summed E-state index contributed by atoms with van der Waals surface area (Å²) in [6.07, 6.45) is 13.0. The average molecular weight is 414 g/mol. The molecule has 30 heavy (non-hydrogen) atoms. The van der Waals surface area contributed by atoms with Crippen molar-refractivity contribution >= 4 is 11.7 Å². The molecule has 0 spiro atoms. The first-order valence-electron chi connectivity index (χ1n) is 12.5. The first-order valence-corrected chi connectivity index (χ1v) is 12.5. The van der Waals surface area contributed by atoms with Gasteiger partial charge in [-0.2, -0.15) is 0 Å². The van der Waals surface area contributed by atoms with Crippen molar-refractivity contribution < 1.29 is 9.59 Å². The number of nitrogens with zero attached hydrogens (tertiary/aromatic N) is 1. The summed E-state index contributed by atoms with van der Waals surface area (Å²) >= 11 is 0. The molecule has 4 aliphatic rings. The van der Waals surface area contributed by atoms with Crippen molar-refractivity contribution in [2.24, 2.45) is 40.4 Å². The molecule has 4 saturated carbocycles. The third-order valence-corrected chi connectivity index (χ3v) is 10.4. The van der Waals surface area contributed by atoms with Crippen LogP contribution in [0.3, 0.4) is 0 Å². The van der Waals surface area contributed by atoms with Gasteiger partial charge in [0.1, 0.15) is 5.78 Å². The van der Waals surface area contributed by atoms with Crippen LogP contribution in [0.15, 0.2) is 11.6 Å². The first-order chi connectivity index (χ1) is 14.1. The maximum absolute atomic E-state index is 12.6. The second-order valence-corrected chi connectivity index (χ2v) is 12.0. The maximum Gasteiger partial charge on any atom is 0.246 e. The van der Waals surface area contributed by atoms with E-state index in [0.29, 0.717) is 23.2 Å². The van der Waals surface area contributed by atoms with Crippen molar-refractivity contribution in [2.75, 3.05) is 7.05 Å². The Morgan fingerprint density at radius 2 is 1.53 bits per heavy atom. The van der Waals surface area contributed by atoms with Crippen LogP contribution in [-0.4, -0.2) is 29.7 Å². The molecule has 0 bridgehead atoms. The molecular weight excluding hydrogens is 370 g/mol. The van der Waals surface area contributed by atoms with Crippen LogP contribution < -0.4 is 0 Å². The molecule has 0 aromatic heterocycles. The fraction of sp³-hybridized carbons (Fsp3) is 0.852. The Balaban J connectivity index is 1.50. The monoisotopic (exact) mass is 413 g/mol. The van der Waals surface area contributed by atoms with Crippen molar-refractivity contribution in [1.29, 1.82) is 0 Å². The van der Waals surface area contributed by atoms with E-state index in [1.54, 1.807) is 6.08 Å². The number of amides is 1. The van der Waals surface area contributed by atoms with Crippen LogP contribution in [0.1, 0.15) is 92.4 Å². The molecule has 8 atom stereocenters. The van der Waals surface area contributed by atoms with Crippen molar-refractivity contribution in [3.05, 3.63) is 11.6 Å². The zero-order valence-electron chi connectivity index (χ0n) is 20.2. The average Bonchev–Trinajstić information content (AvgIpc) is 3.03. The number of fused-ring (bicyclic) bond motifs is 5. The highest BCUT2D eigenvalue weighted by Crippen LogP contribution is 2.67. The Morgan fingerprint density at radius 3 is 2.20 bits per heavy atom. The largest absolute Gasteiger partial charge is 0.339 e. The number of ketones is 1. The molecule has 168 valence electrons. The van der Waals surface area contributed by atoms with Crippen molar-refractivity contribution in [3.63, 3.8) is 0 Å². The smallest absolute Gasteiger partial charge is 0.246 e.